The van der Waals surface area contributed by atoms with Crippen LogP contribution in [-0.4, -0.2) is 30.5 Å². The lowest BCUT2D eigenvalue weighted by atomic mass is 9.99. The van der Waals surface area contributed by atoms with Crippen LogP contribution >= 0.6 is 0 Å². The molecule has 3 aromatic carbocycles. The largest absolute Gasteiger partial charge is 0.496 e. The van der Waals surface area contributed by atoms with E-state index in [1.54, 1.807) is 49.7 Å². The van der Waals surface area contributed by atoms with Gasteiger partial charge in [-0.15, -0.1) is 0 Å². The molecule has 2 heterocycles. The van der Waals surface area contributed by atoms with Gasteiger partial charge in [0.05, 0.1) is 29.1 Å². The van der Waals surface area contributed by atoms with Crippen molar-refractivity contribution < 1.29 is 17.5 Å². The Morgan fingerprint density at radius 1 is 0.886 bits per heavy atom. The van der Waals surface area contributed by atoms with E-state index in [4.69, 9.17) is 4.74 Å². The number of benzene rings is 3. The predicted octanol–water partition coefficient (Wildman–Crippen LogP) is 5.48. The zero-order chi connectivity index (χ0) is 24.4. The summed E-state index contributed by atoms with van der Waals surface area (Å²) in [5, 5.41) is 1.51. The molecule has 6 nitrogen and oxygen atoms in total. The van der Waals surface area contributed by atoms with Crippen molar-refractivity contribution in [2.75, 3.05) is 7.11 Å². The van der Waals surface area contributed by atoms with E-state index in [1.165, 1.54) is 24.7 Å². The Morgan fingerprint density at radius 2 is 1.74 bits per heavy atom. The number of methoxy groups -OCH3 is 1. The maximum absolute atomic E-state index is 13.7. The average molecular weight is 486 g/mol. The molecule has 0 aliphatic rings. The van der Waals surface area contributed by atoms with E-state index in [0.29, 0.717) is 17.1 Å². The van der Waals surface area contributed by atoms with E-state index in [9.17, 15) is 12.8 Å². The molecule has 0 aliphatic carbocycles. The third-order valence-corrected chi connectivity index (χ3v) is 7.34. The van der Waals surface area contributed by atoms with E-state index < -0.39 is 9.84 Å². The molecule has 2 aromatic heterocycles. The summed E-state index contributed by atoms with van der Waals surface area (Å²) in [5.41, 5.74) is 3.38. The number of hydrogen-bond donors (Lipinski definition) is 0. The maximum atomic E-state index is 13.7. The lowest BCUT2D eigenvalue weighted by Gasteiger charge is -2.13. The van der Waals surface area contributed by atoms with Gasteiger partial charge in [-0.2, -0.15) is 0 Å². The molecule has 0 aliphatic heterocycles. The van der Waals surface area contributed by atoms with Crippen molar-refractivity contribution in [2.45, 2.75) is 10.6 Å². The van der Waals surface area contributed by atoms with Crippen LogP contribution in [-0.2, 0) is 15.6 Å². The number of pyridine rings is 1. The highest BCUT2D eigenvalue weighted by atomic mass is 32.2. The summed E-state index contributed by atoms with van der Waals surface area (Å²) < 4.78 is 45.3. The fourth-order valence-electron chi connectivity index (χ4n) is 3.98. The number of fused-ring (bicyclic) bond motifs is 1. The minimum atomic E-state index is -3.60. The van der Waals surface area contributed by atoms with Crippen molar-refractivity contribution in [3.05, 3.63) is 103 Å². The Balaban J connectivity index is 1.55. The molecular formula is C27H20FN3O3S. The van der Waals surface area contributed by atoms with Gasteiger partial charge in [0.1, 0.15) is 17.9 Å². The normalized spacial score (nSPS) is 11.5. The molecule has 0 fully saturated rings. The Bertz CT molecular complexity index is 1640. The molecule has 0 atom stereocenters. The minimum absolute atomic E-state index is 0.203. The van der Waals surface area contributed by atoms with Crippen molar-refractivity contribution in [1.29, 1.82) is 0 Å². The molecule has 0 saturated heterocycles. The summed E-state index contributed by atoms with van der Waals surface area (Å²) >= 11 is 0. The van der Waals surface area contributed by atoms with Crippen LogP contribution in [0.4, 0.5) is 4.39 Å². The maximum Gasteiger partial charge on any atom is 0.184 e. The second-order valence-electron chi connectivity index (χ2n) is 7.93. The van der Waals surface area contributed by atoms with Crippen LogP contribution in [0.15, 0.2) is 96.4 Å². The molecular weight excluding hydrogens is 465 g/mol. The van der Waals surface area contributed by atoms with Crippen LogP contribution in [0.3, 0.4) is 0 Å². The van der Waals surface area contributed by atoms with Crippen LogP contribution in [0.1, 0.15) is 5.69 Å². The number of halogens is 1. The topological polar surface area (TPSA) is 82.0 Å². The van der Waals surface area contributed by atoms with E-state index in [0.717, 1.165) is 27.5 Å². The number of ether oxygens (including phenoxy) is 1. The van der Waals surface area contributed by atoms with Crippen molar-refractivity contribution in [3.63, 3.8) is 0 Å². The van der Waals surface area contributed by atoms with Gasteiger partial charge < -0.3 is 4.74 Å². The van der Waals surface area contributed by atoms with Gasteiger partial charge in [-0.1, -0.05) is 24.3 Å². The first kappa shape index (κ1) is 22.6. The molecule has 35 heavy (non-hydrogen) atoms. The van der Waals surface area contributed by atoms with E-state index in [-0.39, 0.29) is 16.5 Å². The highest BCUT2D eigenvalue weighted by Crippen LogP contribution is 2.37. The average Bonchev–Trinajstić information content (AvgIpc) is 2.88. The van der Waals surface area contributed by atoms with Crippen LogP contribution in [0.25, 0.3) is 33.2 Å². The lowest BCUT2D eigenvalue weighted by Crippen LogP contribution is -2.06. The third kappa shape index (κ3) is 4.61. The Hall–Kier alpha value is -4.17. The standard InChI is InChI=1S/C27H20FN3O3S/c1-34-26-15-19(18-3-2-4-21(28)13-18)5-7-25(26)27-24-8-6-23(14-20(24)9-12-30-27)35(32,33)16-22-10-11-29-17-31-22/h2-15,17H,16H2,1H3. The Kier molecular flexibility index (Phi) is 5.96. The van der Waals surface area contributed by atoms with Crippen molar-refractivity contribution in [3.8, 4) is 28.1 Å². The van der Waals surface area contributed by atoms with Gasteiger partial charge in [0.2, 0.25) is 0 Å². The van der Waals surface area contributed by atoms with Crippen LogP contribution in [0, 0.1) is 5.82 Å². The first-order valence-corrected chi connectivity index (χ1v) is 12.4. The minimum Gasteiger partial charge on any atom is -0.496 e. The number of aromatic nitrogens is 3. The van der Waals surface area contributed by atoms with Gasteiger partial charge >= 0.3 is 0 Å². The summed E-state index contributed by atoms with van der Waals surface area (Å²) in [4.78, 5) is 12.6. The molecule has 0 amide bonds. The molecule has 0 spiro atoms. The van der Waals surface area contributed by atoms with Gasteiger partial charge in [-0.3, -0.25) is 4.98 Å². The molecule has 174 valence electrons. The molecule has 5 rings (SSSR count). The zero-order valence-electron chi connectivity index (χ0n) is 18.7. The van der Waals surface area contributed by atoms with Crippen LogP contribution in [0.2, 0.25) is 0 Å². The van der Waals surface area contributed by atoms with Crippen molar-refractivity contribution in [2.24, 2.45) is 0 Å². The van der Waals surface area contributed by atoms with Gasteiger partial charge in [0.25, 0.3) is 0 Å². The SMILES string of the molecule is COc1cc(-c2cccc(F)c2)ccc1-c1nccc2cc(S(=O)(=O)Cc3ccncn3)ccc12. The first-order valence-electron chi connectivity index (χ1n) is 10.8. The Labute approximate surface area is 202 Å². The zero-order valence-corrected chi connectivity index (χ0v) is 19.5. The second kappa shape index (κ2) is 9.23. The molecule has 8 heteroatoms. The fourth-order valence-corrected chi connectivity index (χ4v) is 5.29. The molecule has 0 saturated carbocycles. The van der Waals surface area contributed by atoms with Crippen LogP contribution in [0.5, 0.6) is 5.75 Å². The molecule has 5 aromatic rings. The van der Waals surface area contributed by atoms with Gasteiger partial charge in [-0.05, 0) is 65.0 Å². The third-order valence-electron chi connectivity index (χ3n) is 5.69. The highest BCUT2D eigenvalue weighted by Gasteiger charge is 2.18. The van der Waals surface area contributed by atoms with Crippen molar-refractivity contribution >= 4 is 20.6 Å². The molecule has 0 N–H and O–H groups in total. The smallest absolute Gasteiger partial charge is 0.184 e. The molecule has 0 unspecified atom stereocenters. The molecule has 0 bridgehead atoms. The monoisotopic (exact) mass is 485 g/mol. The van der Waals surface area contributed by atoms with Crippen LogP contribution < -0.4 is 4.74 Å². The summed E-state index contributed by atoms with van der Waals surface area (Å²) in [5.74, 6) is 0.0490. The molecule has 0 radical (unpaired) electrons. The Morgan fingerprint density at radius 3 is 2.51 bits per heavy atom. The lowest BCUT2D eigenvalue weighted by molar-refractivity contribution is 0.416. The summed E-state index contributed by atoms with van der Waals surface area (Å²) in [7, 11) is -2.03. The number of rotatable bonds is 6. The van der Waals surface area contributed by atoms with Crippen molar-refractivity contribution in [1.82, 2.24) is 15.0 Å². The highest BCUT2D eigenvalue weighted by molar-refractivity contribution is 7.90. The van der Waals surface area contributed by atoms with E-state index >= 15 is 0 Å². The quantitative estimate of drug-likeness (QED) is 0.317. The number of hydrogen-bond acceptors (Lipinski definition) is 6. The van der Waals surface area contributed by atoms with E-state index in [2.05, 4.69) is 15.0 Å². The number of sulfone groups is 1. The summed E-state index contributed by atoms with van der Waals surface area (Å²) in [6.45, 7) is 0. The summed E-state index contributed by atoms with van der Waals surface area (Å²) in [6, 6.07) is 20.3. The fraction of sp³-hybridized carbons (Fsp3) is 0.0741. The predicted molar refractivity (Wildman–Crippen MR) is 132 cm³/mol. The van der Waals surface area contributed by atoms with Gasteiger partial charge in [0, 0.05) is 23.3 Å². The summed E-state index contributed by atoms with van der Waals surface area (Å²) in [6.07, 6.45) is 4.48. The number of nitrogens with zero attached hydrogens (tertiary/aromatic N) is 3. The van der Waals surface area contributed by atoms with Gasteiger partial charge in [0.15, 0.2) is 9.84 Å². The van der Waals surface area contributed by atoms with Gasteiger partial charge in [-0.25, -0.2) is 22.8 Å². The van der Waals surface area contributed by atoms with E-state index in [1.807, 2.05) is 24.3 Å². The second-order valence-corrected chi connectivity index (χ2v) is 9.92. The first-order chi connectivity index (χ1) is 16.9.